The Kier molecular flexibility index (Phi) is 8.56. The number of carbonyl (C=O) groups is 1. The first-order valence-corrected chi connectivity index (χ1v) is 10.5. The van der Waals surface area contributed by atoms with Crippen LogP contribution < -0.4 is 5.32 Å². The van der Waals surface area contributed by atoms with Crippen molar-refractivity contribution in [2.75, 3.05) is 26.3 Å². The fourth-order valence-corrected chi connectivity index (χ4v) is 3.92. The molecule has 1 N–H and O–H groups in total. The van der Waals surface area contributed by atoms with Gasteiger partial charge in [0.15, 0.2) is 0 Å². The highest BCUT2D eigenvalue weighted by Crippen LogP contribution is 2.18. The molecule has 0 aromatic heterocycles. The molecule has 2 rings (SSSR count). The summed E-state index contributed by atoms with van der Waals surface area (Å²) in [5, 5.41) is 2.71. The van der Waals surface area contributed by atoms with Crippen LogP contribution >= 0.6 is 0 Å². The van der Waals surface area contributed by atoms with E-state index in [1.165, 1.54) is 12.1 Å². The van der Waals surface area contributed by atoms with E-state index in [-0.39, 0.29) is 18.0 Å². The van der Waals surface area contributed by atoms with Gasteiger partial charge in [-0.25, -0.2) is 12.8 Å². The van der Waals surface area contributed by atoms with Crippen LogP contribution in [0.1, 0.15) is 18.9 Å². The first-order valence-electron chi connectivity index (χ1n) is 9.07. The maximum atomic E-state index is 13.2. The van der Waals surface area contributed by atoms with E-state index in [2.05, 4.69) is 5.32 Å². The zero-order valence-corrected chi connectivity index (χ0v) is 16.6. The number of nitrogens with one attached hydrogen (secondary N) is 1. The Labute approximate surface area is 165 Å². The molecular formula is C20H25FN2O4S. The number of rotatable bonds is 11. The molecule has 8 heteroatoms. The van der Waals surface area contributed by atoms with Gasteiger partial charge in [-0.3, -0.25) is 4.79 Å². The van der Waals surface area contributed by atoms with Gasteiger partial charge in [0.25, 0.3) is 0 Å². The Morgan fingerprint density at radius 2 is 1.79 bits per heavy atom. The molecule has 0 unspecified atom stereocenters. The fraction of sp³-hybridized carbons (Fsp3) is 0.350. The van der Waals surface area contributed by atoms with E-state index >= 15 is 0 Å². The molecule has 0 saturated carbocycles. The number of nitrogens with zero attached hydrogens (tertiary/aromatic N) is 1. The van der Waals surface area contributed by atoms with Crippen molar-refractivity contribution in [3.05, 3.63) is 66.0 Å². The number of ether oxygens (including phenoxy) is 1. The lowest BCUT2D eigenvalue weighted by molar-refractivity contribution is -0.121. The summed E-state index contributed by atoms with van der Waals surface area (Å²) in [6, 6.07) is 13.6. The van der Waals surface area contributed by atoms with Gasteiger partial charge in [-0.05, 0) is 43.2 Å². The summed E-state index contributed by atoms with van der Waals surface area (Å²) in [4.78, 5) is 12.2. The van der Waals surface area contributed by atoms with Crippen LogP contribution in [-0.4, -0.2) is 44.9 Å². The second-order valence-electron chi connectivity index (χ2n) is 6.11. The molecule has 1 amide bonds. The van der Waals surface area contributed by atoms with Crippen molar-refractivity contribution in [2.45, 2.75) is 24.8 Å². The van der Waals surface area contributed by atoms with Gasteiger partial charge in [0.2, 0.25) is 15.9 Å². The quantitative estimate of drug-likeness (QED) is 0.580. The highest BCUT2D eigenvalue weighted by atomic mass is 32.2. The molecule has 0 spiro atoms. The Morgan fingerprint density at radius 1 is 1.11 bits per heavy atom. The number of halogens is 1. The second-order valence-corrected chi connectivity index (χ2v) is 8.05. The van der Waals surface area contributed by atoms with Gasteiger partial charge in [0.05, 0.1) is 11.4 Å². The number of hydrogen-bond acceptors (Lipinski definition) is 4. The summed E-state index contributed by atoms with van der Waals surface area (Å²) in [5.74, 6) is -0.932. The Bertz CT molecular complexity index is 842. The highest BCUT2D eigenvalue weighted by Gasteiger charge is 2.26. The van der Waals surface area contributed by atoms with Crippen LogP contribution in [0.5, 0.6) is 0 Å². The van der Waals surface area contributed by atoms with Gasteiger partial charge >= 0.3 is 0 Å². The maximum absolute atomic E-state index is 13.2. The first-order chi connectivity index (χ1) is 13.4. The highest BCUT2D eigenvalue weighted by molar-refractivity contribution is 7.89. The molecule has 2 aromatic rings. The molecule has 0 radical (unpaired) electrons. The number of hydrogen-bond donors (Lipinski definition) is 1. The van der Waals surface area contributed by atoms with Crippen LogP contribution in [-0.2, 0) is 26.1 Å². The largest absolute Gasteiger partial charge is 0.382 e. The van der Waals surface area contributed by atoms with Crippen LogP contribution in [0.3, 0.4) is 0 Å². The smallest absolute Gasteiger partial charge is 0.243 e. The lowest BCUT2D eigenvalue weighted by Crippen LogP contribution is -2.40. The number of amides is 1. The Hall–Kier alpha value is -2.29. The van der Waals surface area contributed by atoms with Crippen molar-refractivity contribution >= 4 is 15.9 Å². The van der Waals surface area contributed by atoms with Crippen LogP contribution in [0.2, 0.25) is 0 Å². The summed E-state index contributed by atoms with van der Waals surface area (Å²) in [5.41, 5.74) is 0.748. The summed E-state index contributed by atoms with van der Waals surface area (Å²) in [7, 11) is -3.97. The van der Waals surface area contributed by atoms with Gasteiger partial charge in [0.1, 0.15) is 5.82 Å². The topological polar surface area (TPSA) is 75.7 Å². The zero-order valence-electron chi connectivity index (χ0n) is 15.8. The predicted octanol–water partition coefficient (Wildman–Crippen LogP) is 2.56. The molecule has 0 aliphatic carbocycles. The maximum Gasteiger partial charge on any atom is 0.243 e. The van der Waals surface area contributed by atoms with Crippen molar-refractivity contribution in [2.24, 2.45) is 0 Å². The average molecular weight is 408 g/mol. The summed E-state index contributed by atoms with van der Waals surface area (Å²) in [6.45, 7) is 3.12. The molecule has 152 valence electrons. The average Bonchev–Trinajstić information content (AvgIpc) is 2.68. The normalized spacial score (nSPS) is 11.5. The minimum atomic E-state index is -3.97. The first kappa shape index (κ1) is 22.0. The van der Waals surface area contributed by atoms with Gasteiger partial charge in [-0.15, -0.1) is 0 Å². The molecular weight excluding hydrogens is 383 g/mol. The summed E-state index contributed by atoms with van der Waals surface area (Å²) in [6.07, 6.45) is 0.642. The SMILES string of the molecule is CCOCCCNC(=O)CN(Cc1ccccc1)S(=O)(=O)c1ccc(F)cc1. The lowest BCUT2D eigenvalue weighted by atomic mass is 10.2. The van der Waals surface area contributed by atoms with E-state index in [1.54, 1.807) is 24.3 Å². The van der Waals surface area contributed by atoms with E-state index < -0.39 is 21.7 Å². The molecule has 0 atom stereocenters. The molecule has 6 nitrogen and oxygen atoms in total. The van der Waals surface area contributed by atoms with Crippen molar-refractivity contribution in [3.63, 3.8) is 0 Å². The standard InChI is InChI=1S/C20H25FN2O4S/c1-2-27-14-6-13-22-20(24)16-23(15-17-7-4-3-5-8-17)28(25,26)19-11-9-18(21)10-12-19/h3-5,7-12H,2,6,13-16H2,1H3,(H,22,24). The molecule has 0 heterocycles. The van der Waals surface area contributed by atoms with Gasteiger partial charge < -0.3 is 10.1 Å². The minimum absolute atomic E-state index is 0.0346. The lowest BCUT2D eigenvalue weighted by Gasteiger charge is -2.22. The van der Waals surface area contributed by atoms with Crippen LogP contribution in [0.4, 0.5) is 4.39 Å². The summed E-state index contributed by atoms with van der Waals surface area (Å²) < 4.78 is 45.5. The number of carbonyl (C=O) groups excluding carboxylic acids is 1. The fourth-order valence-electron chi connectivity index (χ4n) is 2.53. The predicted molar refractivity (Wildman–Crippen MR) is 105 cm³/mol. The van der Waals surface area contributed by atoms with E-state index in [9.17, 15) is 17.6 Å². The van der Waals surface area contributed by atoms with Crippen molar-refractivity contribution < 1.29 is 22.3 Å². The summed E-state index contributed by atoms with van der Waals surface area (Å²) >= 11 is 0. The third-order valence-corrected chi connectivity index (χ3v) is 5.77. The Balaban J connectivity index is 2.12. The third-order valence-electron chi connectivity index (χ3n) is 3.96. The molecule has 28 heavy (non-hydrogen) atoms. The van der Waals surface area contributed by atoms with Crippen LogP contribution in [0, 0.1) is 5.82 Å². The monoisotopic (exact) mass is 408 g/mol. The van der Waals surface area contributed by atoms with E-state index in [4.69, 9.17) is 4.74 Å². The van der Waals surface area contributed by atoms with Gasteiger partial charge in [-0.2, -0.15) is 4.31 Å². The second kappa shape index (κ2) is 10.9. The molecule has 0 aliphatic heterocycles. The number of benzene rings is 2. The number of sulfonamides is 1. The van der Waals surface area contributed by atoms with Crippen molar-refractivity contribution in [3.8, 4) is 0 Å². The molecule has 0 bridgehead atoms. The zero-order chi connectivity index (χ0) is 20.4. The van der Waals surface area contributed by atoms with E-state index in [0.29, 0.717) is 26.2 Å². The van der Waals surface area contributed by atoms with E-state index in [1.807, 2.05) is 13.0 Å². The van der Waals surface area contributed by atoms with Gasteiger partial charge in [0, 0.05) is 26.3 Å². The molecule has 0 aliphatic rings. The third kappa shape index (κ3) is 6.70. The van der Waals surface area contributed by atoms with Crippen LogP contribution in [0.25, 0.3) is 0 Å². The van der Waals surface area contributed by atoms with Crippen LogP contribution in [0.15, 0.2) is 59.5 Å². The van der Waals surface area contributed by atoms with E-state index in [0.717, 1.165) is 22.0 Å². The Morgan fingerprint density at radius 3 is 2.43 bits per heavy atom. The van der Waals surface area contributed by atoms with Gasteiger partial charge in [-0.1, -0.05) is 30.3 Å². The van der Waals surface area contributed by atoms with Crippen molar-refractivity contribution in [1.29, 1.82) is 0 Å². The molecule has 2 aromatic carbocycles. The molecule has 0 fully saturated rings. The molecule has 0 saturated heterocycles. The minimum Gasteiger partial charge on any atom is -0.382 e. The van der Waals surface area contributed by atoms with Crippen molar-refractivity contribution in [1.82, 2.24) is 9.62 Å².